The minimum Gasteiger partial charge on any atom is -0.364 e. The lowest BCUT2D eigenvalue weighted by atomic mass is 9.65. The molecule has 3 aromatic rings. The van der Waals surface area contributed by atoms with Crippen molar-refractivity contribution in [3.05, 3.63) is 41.8 Å². The molecular weight excluding hydrogens is 520 g/mol. The van der Waals surface area contributed by atoms with Gasteiger partial charge in [-0.25, -0.2) is 8.78 Å². The van der Waals surface area contributed by atoms with Crippen molar-refractivity contribution < 1.29 is 27.4 Å². The van der Waals surface area contributed by atoms with Crippen molar-refractivity contribution in [1.82, 2.24) is 20.3 Å². The Hall–Kier alpha value is -3.21. The number of fused-ring (bicyclic) bond motifs is 3. The first-order chi connectivity index (χ1) is 19.3. The zero-order valence-electron chi connectivity index (χ0n) is 22.2. The van der Waals surface area contributed by atoms with Crippen LogP contribution in [-0.4, -0.2) is 45.3 Å². The van der Waals surface area contributed by atoms with Gasteiger partial charge in [0.2, 0.25) is 11.8 Å². The lowest BCUT2D eigenvalue weighted by molar-refractivity contribution is -0.198. The summed E-state index contributed by atoms with van der Waals surface area (Å²) in [6, 6.07) is 7.41. The van der Waals surface area contributed by atoms with Crippen LogP contribution in [0.4, 0.5) is 14.5 Å². The third-order valence-electron chi connectivity index (χ3n) is 9.53. The number of carbonyl (C=O) groups is 1. The van der Waals surface area contributed by atoms with Gasteiger partial charge in [-0.3, -0.25) is 4.79 Å². The second-order valence-electron chi connectivity index (χ2n) is 12.7. The minimum atomic E-state index is -2.78. The summed E-state index contributed by atoms with van der Waals surface area (Å²) >= 11 is 0. The Balaban J connectivity index is 1.05. The first-order valence-corrected chi connectivity index (χ1v) is 14.4. The van der Waals surface area contributed by atoms with E-state index in [1.807, 2.05) is 24.3 Å². The van der Waals surface area contributed by atoms with Gasteiger partial charge in [0.1, 0.15) is 5.60 Å². The largest absolute Gasteiger partial charge is 0.364 e. The number of hydrogen-bond acceptors (Lipinski definition) is 8. The van der Waals surface area contributed by atoms with Crippen molar-refractivity contribution >= 4 is 11.6 Å². The zero-order valence-corrected chi connectivity index (χ0v) is 22.2. The number of anilines is 1. The van der Waals surface area contributed by atoms with E-state index in [1.165, 1.54) is 0 Å². The summed E-state index contributed by atoms with van der Waals surface area (Å²) in [5.41, 5.74) is 0.482. The lowest BCUT2D eigenvalue weighted by Crippen LogP contribution is -2.56. The van der Waals surface area contributed by atoms with Crippen LogP contribution in [0, 0.1) is 11.3 Å². The van der Waals surface area contributed by atoms with Crippen LogP contribution < -0.4 is 4.90 Å². The molecule has 2 bridgehead atoms. The minimum absolute atomic E-state index is 0.268. The van der Waals surface area contributed by atoms with Gasteiger partial charge >= 0.3 is 0 Å². The maximum absolute atomic E-state index is 13.8. The molecule has 2 aromatic heterocycles. The highest BCUT2D eigenvalue weighted by atomic mass is 19.3. The molecular formula is C29H31F2N5O4. The summed E-state index contributed by atoms with van der Waals surface area (Å²) in [6.07, 6.45) is 6.56. The molecule has 0 spiro atoms. The number of amides is 1. The van der Waals surface area contributed by atoms with Crippen molar-refractivity contribution in [3.8, 4) is 11.5 Å². The number of ether oxygens (including phenoxy) is 1. The number of hydrogen-bond donors (Lipinski definition) is 0. The predicted molar refractivity (Wildman–Crippen MR) is 137 cm³/mol. The monoisotopic (exact) mass is 551 g/mol. The molecule has 11 heteroatoms. The predicted octanol–water partition coefficient (Wildman–Crippen LogP) is 5.74. The number of alkyl halides is 2. The highest BCUT2D eigenvalue weighted by Crippen LogP contribution is 2.54. The fourth-order valence-corrected chi connectivity index (χ4v) is 6.53. The molecule has 2 saturated heterocycles. The molecule has 6 aliphatic rings. The Morgan fingerprint density at radius 3 is 2.30 bits per heavy atom. The van der Waals surface area contributed by atoms with E-state index in [0.29, 0.717) is 53.8 Å². The Bertz CT molecular complexity index is 1430. The van der Waals surface area contributed by atoms with Gasteiger partial charge in [0, 0.05) is 53.8 Å². The van der Waals surface area contributed by atoms with Crippen LogP contribution in [0.15, 0.2) is 33.3 Å². The van der Waals surface area contributed by atoms with Crippen molar-refractivity contribution in [3.63, 3.8) is 0 Å². The summed E-state index contributed by atoms with van der Waals surface area (Å²) in [5.74, 6) is -0.548. The molecule has 2 aliphatic heterocycles. The van der Waals surface area contributed by atoms with Gasteiger partial charge in [-0.05, 0) is 69.6 Å². The molecule has 0 unspecified atom stereocenters. The van der Waals surface area contributed by atoms with Gasteiger partial charge in [-0.1, -0.05) is 16.4 Å². The Morgan fingerprint density at radius 2 is 1.65 bits per heavy atom. The van der Waals surface area contributed by atoms with Crippen LogP contribution in [-0.2, 0) is 15.1 Å². The van der Waals surface area contributed by atoms with Crippen molar-refractivity contribution in [2.45, 2.75) is 87.6 Å². The van der Waals surface area contributed by atoms with Crippen molar-refractivity contribution in [1.29, 1.82) is 0 Å². The van der Waals surface area contributed by atoms with E-state index < -0.39 is 30.3 Å². The maximum Gasteiger partial charge on any atom is 0.258 e. The number of aromatic nitrogens is 4. The van der Waals surface area contributed by atoms with Gasteiger partial charge in [0.15, 0.2) is 11.6 Å². The third-order valence-corrected chi connectivity index (χ3v) is 9.53. The smallest absolute Gasteiger partial charge is 0.258 e. The molecule has 0 atom stereocenters. The Kier molecular flexibility index (Phi) is 5.31. The summed E-state index contributed by atoms with van der Waals surface area (Å²) in [6.45, 7) is 0.828. The first-order valence-electron chi connectivity index (χ1n) is 14.4. The van der Waals surface area contributed by atoms with Crippen LogP contribution in [0.2, 0.25) is 0 Å². The average Bonchev–Trinajstić information content (AvgIpc) is 3.89. The number of rotatable bonds is 8. The standard InChI is InChI=1S/C29H31F2N5O4/c30-29(31)13-20(14-29)25(37)36(21-3-1-2-19(12-21)24-32-22(34-39-24)17-4-5-17)15-27-8-10-28(11-9-27,38-16-27)26-33-23(35-40-26)18-6-7-18/h1-3,12,17-18,20H,4-11,13-16H2. The van der Waals surface area contributed by atoms with E-state index in [4.69, 9.17) is 13.8 Å². The Morgan fingerprint density at radius 1 is 0.950 bits per heavy atom. The second kappa shape index (κ2) is 8.64. The zero-order chi connectivity index (χ0) is 27.1. The summed E-state index contributed by atoms with van der Waals surface area (Å²) in [7, 11) is 0. The van der Waals surface area contributed by atoms with Crippen LogP contribution >= 0.6 is 0 Å². The highest BCUT2D eigenvalue weighted by Gasteiger charge is 2.56. The summed E-state index contributed by atoms with van der Waals surface area (Å²) in [5, 5.41) is 8.31. The SMILES string of the molecule is O=C(C1CC(F)(F)C1)N(CC12CCC(c3nc(C4CC4)no3)(CC1)OC2)c1cccc(-c2nc(C3CC3)no2)c1. The second-order valence-corrected chi connectivity index (χ2v) is 12.7. The molecule has 1 amide bonds. The third kappa shape index (κ3) is 4.24. The topological polar surface area (TPSA) is 107 Å². The van der Waals surface area contributed by atoms with Gasteiger partial charge in [-0.15, -0.1) is 0 Å². The highest BCUT2D eigenvalue weighted by molar-refractivity contribution is 5.96. The molecule has 9 nitrogen and oxygen atoms in total. The normalized spacial score (nSPS) is 29.4. The number of nitrogens with zero attached hydrogens (tertiary/aromatic N) is 5. The lowest BCUT2D eigenvalue weighted by Gasteiger charge is -2.53. The fraction of sp³-hybridized carbons (Fsp3) is 0.621. The molecule has 4 aliphatic carbocycles. The van der Waals surface area contributed by atoms with E-state index in [-0.39, 0.29) is 11.3 Å². The molecule has 4 saturated carbocycles. The molecule has 9 rings (SSSR count). The fourth-order valence-electron chi connectivity index (χ4n) is 6.53. The van der Waals surface area contributed by atoms with E-state index in [0.717, 1.165) is 57.2 Å². The molecule has 4 heterocycles. The van der Waals surface area contributed by atoms with E-state index in [1.54, 1.807) is 4.90 Å². The average molecular weight is 552 g/mol. The molecule has 40 heavy (non-hydrogen) atoms. The van der Waals surface area contributed by atoms with Gasteiger partial charge < -0.3 is 18.7 Å². The number of benzene rings is 1. The molecule has 0 N–H and O–H groups in total. The van der Waals surface area contributed by atoms with Gasteiger partial charge in [0.25, 0.3) is 11.8 Å². The van der Waals surface area contributed by atoms with E-state index in [9.17, 15) is 13.6 Å². The van der Waals surface area contributed by atoms with Crippen LogP contribution in [0.3, 0.4) is 0 Å². The molecule has 210 valence electrons. The van der Waals surface area contributed by atoms with E-state index >= 15 is 0 Å². The van der Waals surface area contributed by atoms with Crippen LogP contribution in [0.25, 0.3) is 11.5 Å². The molecule has 1 aromatic carbocycles. The van der Waals surface area contributed by atoms with E-state index in [2.05, 4.69) is 20.3 Å². The van der Waals surface area contributed by atoms with Gasteiger partial charge in [0.05, 0.1) is 6.61 Å². The Labute approximate surface area is 229 Å². The number of carbonyl (C=O) groups excluding carboxylic acids is 1. The summed E-state index contributed by atoms with van der Waals surface area (Å²) < 4.78 is 45.2. The maximum atomic E-state index is 13.8. The van der Waals surface area contributed by atoms with Crippen LogP contribution in [0.1, 0.15) is 93.6 Å². The first kappa shape index (κ1) is 24.6. The summed E-state index contributed by atoms with van der Waals surface area (Å²) in [4.78, 5) is 24.7. The van der Waals surface area contributed by atoms with Crippen molar-refractivity contribution in [2.24, 2.45) is 11.3 Å². The number of halogens is 2. The van der Waals surface area contributed by atoms with Crippen molar-refractivity contribution in [2.75, 3.05) is 18.1 Å². The molecule has 0 radical (unpaired) electrons. The van der Waals surface area contributed by atoms with Gasteiger partial charge in [-0.2, -0.15) is 9.97 Å². The quantitative estimate of drug-likeness (QED) is 0.349. The molecule has 6 fully saturated rings. The van der Waals surface area contributed by atoms with Crippen LogP contribution in [0.5, 0.6) is 0 Å².